The minimum atomic E-state index is 0. The summed E-state index contributed by atoms with van der Waals surface area (Å²) in [6, 6.07) is 0. The maximum absolute atomic E-state index is 4.64. The molecule has 0 amide bonds. The molecular weight excluding hydrogens is 417 g/mol. The normalized spacial score (nSPS) is 11.5. The van der Waals surface area contributed by atoms with Crippen molar-refractivity contribution < 1.29 is 0 Å². The molecule has 1 aromatic rings. The summed E-state index contributed by atoms with van der Waals surface area (Å²) in [5, 5.41) is 14.7. The van der Waals surface area contributed by atoms with Gasteiger partial charge in [0.15, 0.2) is 5.96 Å². The van der Waals surface area contributed by atoms with Gasteiger partial charge in [-0.05, 0) is 26.9 Å². The van der Waals surface area contributed by atoms with Crippen molar-refractivity contribution in [3.63, 3.8) is 0 Å². The zero-order valence-corrected chi connectivity index (χ0v) is 17.9. The minimum Gasteiger partial charge on any atom is -0.357 e. The molecule has 0 radical (unpaired) electrons. The molecule has 0 saturated carbocycles. The van der Waals surface area contributed by atoms with Crippen LogP contribution in [0.15, 0.2) is 11.3 Å². The number of nitrogens with zero attached hydrogens (tertiary/aromatic N) is 5. The molecule has 7 nitrogen and oxygen atoms in total. The van der Waals surface area contributed by atoms with Gasteiger partial charge in [-0.2, -0.15) is 0 Å². The smallest absolute Gasteiger partial charge is 0.191 e. The Balaban J connectivity index is 0.00000529. The largest absolute Gasteiger partial charge is 0.357 e. The van der Waals surface area contributed by atoms with Crippen LogP contribution >= 0.6 is 24.0 Å². The number of unbranched alkanes of at least 4 members (excludes halogenated alkanes) is 1. The number of guanidine groups is 1. The van der Waals surface area contributed by atoms with Crippen molar-refractivity contribution in [2.24, 2.45) is 4.99 Å². The number of hydrogen-bond donors (Lipinski definition) is 2. The molecule has 0 bridgehead atoms. The number of rotatable bonds is 11. The molecule has 0 unspecified atom stereocenters. The second kappa shape index (κ2) is 14.4. The van der Waals surface area contributed by atoms with Crippen molar-refractivity contribution in [3.8, 4) is 0 Å². The van der Waals surface area contributed by atoms with Crippen LogP contribution in [0.5, 0.6) is 0 Å². The predicted molar refractivity (Wildman–Crippen MR) is 111 cm³/mol. The van der Waals surface area contributed by atoms with E-state index in [2.05, 4.69) is 63.1 Å². The van der Waals surface area contributed by atoms with Gasteiger partial charge < -0.3 is 20.1 Å². The van der Waals surface area contributed by atoms with Gasteiger partial charge in [-0.3, -0.25) is 4.99 Å². The molecule has 0 aliphatic carbocycles. The Morgan fingerprint density at radius 3 is 2.71 bits per heavy atom. The Hall–Kier alpha value is -0.900. The number of aryl methyl sites for hydroxylation is 1. The van der Waals surface area contributed by atoms with E-state index in [0.717, 1.165) is 57.5 Å². The van der Waals surface area contributed by atoms with E-state index in [4.69, 9.17) is 0 Å². The summed E-state index contributed by atoms with van der Waals surface area (Å²) in [6.07, 6.45) is 5.17. The predicted octanol–water partition coefficient (Wildman–Crippen LogP) is 1.75. The van der Waals surface area contributed by atoms with Crippen LogP contribution in [-0.4, -0.2) is 65.4 Å². The van der Waals surface area contributed by atoms with Gasteiger partial charge >= 0.3 is 0 Å². The number of halogens is 1. The fourth-order valence-corrected chi connectivity index (χ4v) is 2.25. The summed E-state index contributed by atoms with van der Waals surface area (Å²) in [5.74, 6) is 1.90. The Labute approximate surface area is 163 Å². The van der Waals surface area contributed by atoms with Gasteiger partial charge in [0.2, 0.25) is 0 Å². The van der Waals surface area contributed by atoms with Crippen LogP contribution in [0.1, 0.15) is 39.4 Å². The first kappa shape index (κ1) is 23.1. The molecule has 2 N–H and O–H groups in total. The molecule has 0 aliphatic heterocycles. The monoisotopic (exact) mass is 451 g/mol. The van der Waals surface area contributed by atoms with E-state index in [0.29, 0.717) is 0 Å². The van der Waals surface area contributed by atoms with Gasteiger partial charge in [0.05, 0.1) is 6.54 Å². The molecule has 0 spiro atoms. The summed E-state index contributed by atoms with van der Waals surface area (Å²) in [7, 11) is 2.16. The van der Waals surface area contributed by atoms with Gasteiger partial charge in [-0.15, -0.1) is 34.2 Å². The van der Waals surface area contributed by atoms with E-state index in [-0.39, 0.29) is 24.0 Å². The fourth-order valence-electron chi connectivity index (χ4n) is 2.25. The first-order valence-electron chi connectivity index (χ1n) is 8.78. The molecule has 1 rings (SSSR count). The van der Waals surface area contributed by atoms with Crippen LogP contribution in [0.3, 0.4) is 0 Å². The standard InChI is InChI=1S/C16H33N7.HI/c1-5-8-11-22(4)12-9-18-16(17-7-3)19-10-13-23-14-20-21-15(23)6-2;/h14H,5-13H2,1-4H3,(H2,17,18,19);1H. The first-order chi connectivity index (χ1) is 11.2. The molecule has 0 aromatic carbocycles. The molecule has 8 heteroatoms. The van der Waals surface area contributed by atoms with E-state index in [1.165, 1.54) is 12.8 Å². The topological polar surface area (TPSA) is 70.4 Å². The number of aromatic nitrogens is 3. The van der Waals surface area contributed by atoms with Gasteiger partial charge in [0, 0.05) is 32.6 Å². The van der Waals surface area contributed by atoms with Crippen molar-refractivity contribution in [1.82, 2.24) is 30.3 Å². The zero-order valence-electron chi connectivity index (χ0n) is 15.6. The summed E-state index contributed by atoms with van der Waals surface area (Å²) in [6.45, 7) is 11.9. The highest BCUT2D eigenvalue weighted by atomic mass is 127. The number of nitrogens with one attached hydrogen (secondary N) is 2. The SMILES string of the molecule is CCCCN(C)CCN=C(NCC)NCCn1cnnc1CC.I. The summed E-state index contributed by atoms with van der Waals surface area (Å²) in [4.78, 5) is 6.97. The van der Waals surface area contributed by atoms with Crippen LogP contribution in [0, 0.1) is 0 Å². The van der Waals surface area contributed by atoms with E-state index in [9.17, 15) is 0 Å². The van der Waals surface area contributed by atoms with Crippen molar-refractivity contribution in [2.45, 2.75) is 46.6 Å². The Morgan fingerprint density at radius 2 is 2.04 bits per heavy atom. The molecule has 140 valence electrons. The lowest BCUT2D eigenvalue weighted by atomic mass is 10.3. The van der Waals surface area contributed by atoms with Crippen LogP contribution in [0.2, 0.25) is 0 Å². The Morgan fingerprint density at radius 1 is 1.25 bits per heavy atom. The molecule has 0 aliphatic rings. The van der Waals surface area contributed by atoms with Crippen molar-refractivity contribution in [2.75, 3.05) is 39.8 Å². The van der Waals surface area contributed by atoms with E-state index in [1.54, 1.807) is 6.33 Å². The maximum atomic E-state index is 4.64. The van der Waals surface area contributed by atoms with Crippen LogP contribution in [-0.2, 0) is 13.0 Å². The molecule has 0 atom stereocenters. The average Bonchev–Trinajstić information content (AvgIpc) is 3.00. The highest BCUT2D eigenvalue weighted by molar-refractivity contribution is 14.0. The molecule has 24 heavy (non-hydrogen) atoms. The third-order valence-corrected chi connectivity index (χ3v) is 3.65. The van der Waals surface area contributed by atoms with Gasteiger partial charge in [-0.25, -0.2) is 0 Å². The van der Waals surface area contributed by atoms with Crippen molar-refractivity contribution >= 4 is 29.9 Å². The fraction of sp³-hybridized carbons (Fsp3) is 0.812. The molecule has 1 heterocycles. The Bertz CT molecular complexity index is 447. The third kappa shape index (κ3) is 9.41. The van der Waals surface area contributed by atoms with Crippen LogP contribution < -0.4 is 10.6 Å². The lowest BCUT2D eigenvalue weighted by molar-refractivity contribution is 0.337. The van der Waals surface area contributed by atoms with E-state index < -0.39 is 0 Å². The molecule has 1 aromatic heterocycles. The van der Waals surface area contributed by atoms with Crippen LogP contribution in [0.25, 0.3) is 0 Å². The highest BCUT2D eigenvalue weighted by Gasteiger charge is 2.02. The van der Waals surface area contributed by atoms with Gasteiger partial charge in [0.25, 0.3) is 0 Å². The van der Waals surface area contributed by atoms with Crippen LogP contribution in [0.4, 0.5) is 0 Å². The average molecular weight is 451 g/mol. The quantitative estimate of drug-likeness (QED) is 0.305. The number of aliphatic imine (C=N–C) groups is 1. The maximum Gasteiger partial charge on any atom is 0.191 e. The van der Waals surface area contributed by atoms with E-state index in [1.807, 2.05) is 0 Å². The zero-order chi connectivity index (χ0) is 16.9. The second-order valence-corrected chi connectivity index (χ2v) is 5.64. The van der Waals surface area contributed by atoms with Crippen molar-refractivity contribution in [3.05, 3.63) is 12.2 Å². The van der Waals surface area contributed by atoms with Gasteiger partial charge in [-0.1, -0.05) is 20.3 Å². The number of hydrogen-bond acceptors (Lipinski definition) is 4. The summed E-state index contributed by atoms with van der Waals surface area (Å²) < 4.78 is 2.08. The third-order valence-electron chi connectivity index (χ3n) is 3.65. The molecule has 0 fully saturated rings. The molecular formula is C16H34IN7. The minimum absolute atomic E-state index is 0. The van der Waals surface area contributed by atoms with Gasteiger partial charge in [0.1, 0.15) is 12.2 Å². The first-order valence-corrected chi connectivity index (χ1v) is 8.78. The Kier molecular flexibility index (Phi) is 13.9. The lowest BCUT2D eigenvalue weighted by Gasteiger charge is -2.16. The highest BCUT2D eigenvalue weighted by Crippen LogP contribution is 1.95. The second-order valence-electron chi connectivity index (χ2n) is 5.64. The van der Waals surface area contributed by atoms with Crippen molar-refractivity contribution in [1.29, 1.82) is 0 Å². The molecule has 0 saturated heterocycles. The summed E-state index contributed by atoms with van der Waals surface area (Å²) in [5.41, 5.74) is 0. The lowest BCUT2D eigenvalue weighted by Crippen LogP contribution is -2.39. The van der Waals surface area contributed by atoms with E-state index >= 15 is 0 Å². The summed E-state index contributed by atoms with van der Waals surface area (Å²) >= 11 is 0. The number of likely N-dealkylation sites (N-methyl/N-ethyl adjacent to an activating group) is 1.